The third-order valence-electron chi connectivity index (χ3n) is 4.85. The van der Waals surface area contributed by atoms with Crippen molar-refractivity contribution in [2.24, 2.45) is 0 Å². The summed E-state index contributed by atoms with van der Waals surface area (Å²) in [4.78, 5) is 38.0. The number of hydrogen-bond acceptors (Lipinski definition) is 6. The van der Waals surface area contributed by atoms with Gasteiger partial charge in [0, 0.05) is 23.1 Å². The minimum Gasteiger partial charge on any atom is -0.469 e. The maximum atomic E-state index is 14.5. The van der Waals surface area contributed by atoms with Gasteiger partial charge >= 0.3 is 11.9 Å². The molecule has 172 valence electrons. The predicted molar refractivity (Wildman–Crippen MR) is 123 cm³/mol. The first-order valence-corrected chi connectivity index (χ1v) is 11.1. The summed E-state index contributed by atoms with van der Waals surface area (Å²) in [5.74, 6) is -2.39. The average Bonchev–Trinajstić information content (AvgIpc) is 3.26. The van der Waals surface area contributed by atoms with Gasteiger partial charge in [-0.25, -0.2) is 14.0 Å². The summed E-state index contributed by atoms with van der Waals surface area (Å²) in [7, 11) is 0. The molecule has 0 bridgehead atoms. The Morgan fingerprint density at radius 1 is 0.939 bits per heavy atom. The third kappa shape index (κ3) is 5.39. The number of furan rings is 1. The molecule has 0 N–H and O–H groups in total. The third-order valence-corrected chi connectivity index (χ3v) is 5.78. The Hall–Kier alpha value is -3.26. The van der Waals surface area contributed by atoms with Crippen molar-refractivity contribution in [2.45, 2.75) is 24.6 Å². The van der Waals surface area contributed by atoms with Gasteiger partial charge in [-0.3, -0.25) is 4.79 Å². The molecule has 3 rings (SSSR count). The molecule has 0 aliphatic heterocycles. The first kappa shape index (κ1) is 24.4. The number of carbonyl (C=O) groups excluding carboxylic acids is 3. The summed E-state index contributed by atoms with van der Waals surface area (Å²) in [5, 5.41) is 0. The highest BCUT2D eigenvalue weighted by Crippen LogP contribution is 2.34. The summed E-state index contributed by atoms with van der Waals surface area (Å²) >= 11 is 3.19. The van der Waals surface area contributed by atoms with Crippen molar-refractivity contribution in [2.75, 3.05) is 13.2 Å². The molecule has 0 aliphatic carbocycles. The average molecular weight is 517 g/mol. The summed E-state index contributed by atoms with van der Waals surface area (Å²) in [6.07, 6.45) is 1.11. The molecule has 33 heavy (non-hydrogen) atoms. The molecule has 1 aromatic heterocycles. The molecule has 0 unspecified atom stereocenters. The van der Waals surface area contributed by atoms with Crippen LogP contribution in [-0.4, -0.2) is 35.3 Å². The van der Waals surface area contributed by atoms with Gasteiger partial charge in [0.25, 0.3) is 0 Å². The van der Waals surface area contributed by atoms with E-state index in [9.17, 15) is 18.8 Å². The normalized spacial score (nSPS) is 11.2. The maximum absolute atomic E-state index is 14.5. The van der Waals surface area contributed by atoms with Gasteiger partial charge in [-0.1, -0.05) is 46.3 Å². The van der Waals surface area contributed by atoms with Gasteiger partial charge in [0.1, 0.15) is 11.6 Å². The van der Waals surface area contributed by atoms with Crippen LogP contribution in [-0.2, 0) is 25.5 Å². The van der Waals surface area contributed by atoms with Gasteiger partial charge in [0.2, 0.25) is 4.32 Å². The van der Waals surface area contributed by atoms with Crippen LogP contribution < -0.4 is 0 Å². The van der Waals surface area contributed by atoms with E-state index in [2.05, 4.69) is 15.9 Å². The molecular formula is C25H22BrFO6. The number of rotatable bonds is 9. The molecular weight excluding hydrogens is 495 g/mol. The van der Waals surface area contributed by atoms with Crippen molar-refractivity contribution in [3.05, 3.63) is 83.6 Å². The first-order chi connectivity index (χ1) is 15.8. The Balaban J connectivity index is 2.00. The van der Waals surface area contributed by atoms with Gasteiger partial charge in [-0.05, 0) is 43.7 Å². The number of benzene rings is 2. The van der Waals surface area contributed by atoms with Crippen molar-refractivity contribution in [3.63, 3.8) is 0 Å². The number of halogens is 2. The van der Waals surface area contributed by atoms with Gasteiger partial charge in [0.15, 0.2) is 5.78 Å². The number of ether oxygens (including phenoxy) is 2. The van der Waals surface area contributed by atoms with Crippen LogP contribution in [0.3, 0.4) is 0 Å². The molecule has 8 heteroatoms. The Morgan fingerprint density at radius 2 is 1.58 bits per heavy atom. The fraction of sp³-hybridized carbons (Fsp3) is 0.240. The number of hydrogen-bond donors (Lipinski definition) is 0. The molecule has 0 aliphatic rings. The van der Waals surface area contributed by atoms with Crippen LogP contribution in [0.4, 0.5) is 4.39 Å². The van der Waals surface area contributed by atoms with Crippen molar-refractivity contribution < 1.29 is 32.7 Å². The Morgan fingerprint density at radius 3 is 2.18 bits per heavy atom. The maximum Gasteiger partial charge on any atom is 0.334 e. The summed E-state index contributed by atoms with van der Waals surface area (Å²) in [6.45, 7) is 3.36. The molecule has 6 nitrogen and oxygen atoms in total. The molecule has 3 aromatic rings. The van der Waals surface area contributed by atoms with E-state index in [0.717, 1.165) is 6.07 Å². The molecule has 0 spiro atoms. The summed E-state index contributed by atoms with van der Waals surface area (Å²) < 4.78 is 28.3. The fourth-order valence-electron chi connectivity index (χ4n) is 3.31. The number of ketones is 1. The summed E-state index contributed by atoms with van der Waals surface area (Å²) in [6, 6.07) is 14.0. The van der Waals surface area contributed by atoms with Crippen LogP contribution in [0.1, 0.15) is 35.5 Å². The number of carbonyl (C=O) groups is 3. The smallest absolute Gasteiger partial charge is 0.334 e. The zero-order valence-electron chi connectivity index (χ0n) is 18.1. The van der Waals surface area contributed by atoms with Crippen molar-refractivity contribution in [3.8, 4) is 11.1 Å². The van der Waals surface area contributed by atoms with Gasteiger partial charge in [0.05, 0.1) is 19.5 Å². The van der Waals surface area contributed by atoms with Crippen LogP contribution in [0.15, 0.2) is 65.3 Å². The Kier molecular flexibility index (Phi) is 7.81. The van der Waals surface area contributed by atoms with Crippen LogP contribution >= 0.6 is 15.9 Å². The number of esters is 2. The van der Waals surface area contributed by atoms with Crippen LogP contribution in [0, 0.1) is 5.82 Å². The molecule has 0 amide bonds. The molecule has 0 radical (unpaired) electrons. The molecule has 1 heterocycles. The molecule has 0 fully saturated rings. The predicted octanol–water partition coefficient (Wildman–Crippen LogP) is 5.12. The molecule has 0 atom stereocenters. The minimum atomic E-state index is -1.85. The van der Waals surface area contributed by atoms with E-state index in [1.54, 1.807) is 50.2 Å². The van der Waals surface area contributed by atoms with Crippen molar-refractivity contribution >= 4 is 33.7 Å². The van der Waals surface area contributed by atoms with Crippen molar-refractivity contribution in [1.29, 1.82) is 0 Å². The van der Waals surface area contributed by atoms with Crippen LogP contribution in [0.5, 0.6) is 0 Å². The van der Waals surface area contributed by atoms with E-state index in [4.69, 9.17) is 13.9 Å². The lowest BCUT2D eigenvalue weighted by molar-refractivity contribution is -0.158. The largest absolute Gasteiger partial charge is 0.469 e. The first-order valence-electron chi connectivity index (χ1n) is 10.3. The Bertz CT molecular complexity index is 1140. The fourth-order valence-corrected chi connectivity index (χ4v) is 3.79. The molecule has 2 aromatic carbocycles. The van der Waals surface area contributed by atoms with Gasteiger partial charge in [-0.15, -0.1) is 0 Å². The standard InChI is InChI=1S/C25H22BrFO6/c1-3-31-23(29)25(26,24(30)32-4-2)15-21-20(10-11-33-21)17-12-18(14-19(27)13-17)22(28)16-8-6-5-7-9-16/h5-14H,3-4,15H2,1-2H3. The second-order valence-corrected chi connectivity index (χ2v) is 8.45. The van der Waals surface area contributed by atoms with Crippen LogP contribution in [0.25, 0.3) is 11.1 Å². The monoisotopic (exact) mass is 516 g/mol. The quantitative estimate of drug-likeness (QED) is 0.170. The van der Waals surface area contributed by atoms with E-state index in [-0.39, 0.29) is 36.7 Å². The number of alkyl halides is 1. The lowest BCUT2D eigenvalue weighted by Crippen LogP contribution is -2.45. The highest BCUT2D eigenvalue weighted by molar-refractivity contribution is 9.10. The highest BCUT2D eigenvalue weighted by atomic mass is 79.9. The molecule has 0 saturated carbocycles. The zero-order valence-corrected chi connectivity index (χ0v) is 19.7. The Labute approximate surface area is 198 Å². The summed E-state index contributed by atoms with van der Waals surface area (Å²) in [5.41, 5.74) is 1.37. The van der Waals surface area contributed by atoms with Crippen LogP contribution in [0.2, 0.25) is 0 Å². The SMILES string of the molecule is CCOC(=O)C(Br)(Cc1occc1-c1cc(F)cc(C(=O)c2ccccc2)c1)C(=O)OCC. The second-order valence-electron chi connectivity index (χ2n) is 7.10. The van der Waals surface area contributed by atoms with E-state index in [0.29, 0.717) is 16.7 Å². The minimum absolute atomic E-state index is 0.0610. The topological polar surface area (TPSA) is 82.8 Å². The zero-order chi connectivity index (χ0) is 24.0. The lowest BCUT2D eigenvalue weighted by Gasteiger charge is -2.22. The highest BCUT2D eigenvalue weighted by Gasteiger charge is 2.48. The van der Waals surface area contributed by atoms with E-state index >= 15 is 0 Å². The van der Waals surface area contributed by atoms with E-state index in [1.807, 2.05) is 0 Å². The second kappa shape index (κ2) is 10.6. The van der Waals surface area contributed by atoms with E-state index < -0.39 is 22.1 Å². The van der Waals surface area contributed by atoms with Gasteiger partial charge < -0.3 is 13.9 Å². The van der Waals surface area contributed by atoms with Crippen molar-refractivity contribution in [1.82, 2.24) is 0 Å². The van der Waals surface area contributed by atoms with Gasteiger partial charge in [-0.2, -0.15) is 0 Å². The van der Waals surface area contributed by atoms with E-state index in [1.165, 1.54) is 18.4 Å². The lowest BCUT2D eigenvalue weighted by atomic mass is 9.95. The molecule has 0 saturated heterocycles.